The number of hydrogen-bond donors (Lipinski definition) is 1. The first-order valence-corrected chi connectivity index (χ1v) is 10.8. The summed E-state index contributed by atoms with van der Waals surface area (Å²) in [4.78, 5) is 23.4. The fourth-order valence-corrected chi connectivity index (χ4v) is 4.44. The second kappa shape index (κ2) is 9.89. The number of rotatable bonds is 7. The number of hydrogen-bond acceptors (Lipinski definition) is 6. The standard InChI is InChI=1S/C25H29N5O2/c1-25(22-10-6-7-13-27-22,30-18-21(28-19-30)11-12-23(31)32-2)24(20-8-4-3-5-9-20)29-16-14-26-15-17-29/h3-13,18-19,24,26H,14-17H2,1-2H3. The van der Waals surface area contributed by atoms with Crippen molar-refractivity contribution in [2.24, 2.45) is 0 Å². The first kappa shape index (κ1) is 21.9. The van der Waals surface area contributed by atoms with Crippen molar-refractivity contribution in [2.45, 2.75) is 18.5 Å². The van der Waals surface area contributed by atoms with Crippen LogP contribution < -0.4 is 5.32 Å². The molecule has 0 radical (unpaired) electrons. The molecular weight excluding hydrogens is 402 g/mol. The quantitative estimate of drug-likeness (QED) is 0.458. The molecule has 1 aliphatic heterocycles. The summed E-state index contributed by atoms with van der Waals surface area (Å²) in [6, 6.07) is 16.6. The van der Waals surface area contributed by atoms with Gasteiger partial charge in [-0.2, -0.15) is 0 Å². The molecule has 0 bridgehead atoms. The van der Waals surface area contributed by atoms with Crippen molar-refractivity contribution in [1.82, 2.24) is 24.8 Å². The molecule has 166 valence electrons. The number of ether oxygens (including phenoxy) is 1. The van der Waals surface area contributed by atoms with E-state index in [0.29, 0.717) is 5.69 Å². The van der Waals surface area contributed by atoms with Crippen LogP contribution in [0.3, 0.4) is 0 Å². The first-order valence-electron chi connectivity index (χ1n) is 10.8. The lowest BCUT2D eigenvalue weighted by Crippen LogP contribution is -2.53. The molecule has 1 aliphatic rings. The van der Waals surface area contributed by atoms with Crippen molar-refractivity contribution >= 4 is 12.0 Å². The zero-order chi connectivity index (χ0) is 22.4. The molecule has 1 aromatic carbocycles. The van der Waals surface area contributed by atoms with E-state index in [4.69, 9.17) is 9.72 Å². The van der Waals surface area contributed by atoms with E-state index in [1.165, 1.54) is 18.7 Å². The molecule has 2 unspecified atom stereocenters. The van der Waals surface area contributed by atoms with Gasteiger partial charge in [-0.1, -0.05) is 36.4 Å². The third kappa shape index (κ3) is 4.49. The van der Waals surface area contributed by atoms with E-state index in [0.717, 1.165) is 31.9 Å². The molecular formula is C25H29N5O2. The van der Waals surface area contributed by atoms with Crippen molar-refractivity contribution in [1.29, 1.82) is 0 Å². The number of carbonyl (C=O) groups is 1. The molecule has 0 amide bonds. The van der Waals surface area contributed by atoms with Gasteiger partial charge >= 0.3 is 5.97 Å². The summed E-state index contributed by atoms with van der Waals surface area (Å²) in [5.41, 5.74) is 2.32. The molecule has 3 heterocycles. The van der Waals surface area contributed by atoms with E-state index < -0.39 is 11.5 Å². The van der Waals surface area contributed by atoms with Gasteiger partial charge in [0.2, 0.25) is 0 Å². The molecule has 0 aliphatic carbocycles. The lowest BCUT2D eigenvalue weighted by atomic mass is 9.81. The molecule has 0 saturated carbocycles. The molecule has 7 heteroatoms. The number of nitrogens with one attached hydrogen (secondary N) is 1. The van der Waals surface area contributed by atoms with Crippen LogP contribution in [0.2, 0.25) is 0 Å². The Morgan fingerprint density at radius 1 is 1.12 bits per heavy atom. The Morgan fingerprint density at radius 3 is 2.56 bits per heavy atom. The van der Waals surface area contributed by atoms with Gasteiger partial charge < -0.3 is 14.6 Å². The average Bonchev–Trinajstić information content (AvgIpc) is 3.34. The predicted octanol–water partition coefficient (Wildman–Crippen LogP) is 2.87. The van der Waals surface area contributed by atoms with E-state index in [-0.39, 0.29) is 6.04 Å². The van der Waals surface area contributed by atoms with Gasteiger partial charge in [-0.25, -0.2) is 9.78 Å². The third-order valence-corrected chi connectivity index (χ3v) is 6.08. The zero-order valence-electron chi connectivity index (χ0n) is 18.5. The van der Waals surface area contributed by atoms with Crippen LogP contribution in [0.1, 0.15) is 29.9 Å². The largest absolute Gasteiger partial charge is 0.466 e. The molecule has 1 saturated heterocycles. The first-order chi connectivity index (χ1) is 15.6. The molecule has 1 N–H and O–H groups in total. The van der Waals surface area contributed by atoms with Gasteiger partial charge in [-0.15, -0.1) is 0 Å². The average molecular weight is 432 g/mol. The number of benzene rings is 1. The van der Waals surface area contributed by atoms with Gasteiger partial charge in [-0.05, 0) is 30.7 Å². The number of nitrogens with zero attached hydrogens (tertiary/aromatic N) is 4. The van der Waals surface area contributed by atoms with Crippen LogP contribution in [0.25, 0.3) is 6.08 Å². The number of pyridine rings is 1. The second-order valence-corrected chi connectivity index (χ2v) is 8.02. The minimum absolute atomic E-state index is 0.0346. The lowest BCUT2D eigenvalue weighted by Gasteiger charge is -2.46. The van der Waals surface area contributed by atoms with Gasteiger partial charge in [0.1, 0.15) is 5.54 Å². The molecule has 32 heavy (non-hydrogen) atoms. The Hall–Kier alpha value is -3.29. The maximum absolute atomic E-state index is 11.5. The van der Waals surface area contributed by atoms with Crippen LogP contribution in [0.4, 0.5) is 0 Å². The van der Waals surface area contributed by atoms with E-state index in [1.807, 2.05) is 36.9 Å². The van der Waals surface area contributed by atoms with Gasteiger partial charge in [0.25, 0.3) is 0 Å². The summed E-state index contributed by atoms with van der Waals surface area (Å²) in [5.74, 6) is -0.407. The number of methoxy groups -OCH3 is 1. The second-order valence-electron chi connectivity index (χ2n) is 8.02. The smallest absolute Gasteiger partial charge is 0.330 e. The van der Waals surface area contributed by atoms with E-state index in [9.17, 15) is 4.79 Å². The van der Waals surface area contributed by atoms with Gasteiger partial charge in [0.15, 0.2) is 0 Å². The molecule has 1 fully saturated rings. The number of imidazole rings is 1. The Labute approximate surface area is 188 Å². The summed E-state index contributed by atoms with van der Waals surface area (Å²) in [6.45, 7) is 5.97. The minimum Gasteiger partial charge on any atom is -0.466 e. The van der Waals surface area contributed by atoms with Crippen LogP contribution in [0, 0.1) is 0 Å². The summed E-state index contributed by atoms with van der Waals surface area (Å²) in [7, 11) is 1.36. The summed E-state index contributed by atoms with van der Waals surface area (Å²) in [5, 5.41) is 3.46. The summed E-state index contributed by atoms with van der Waals surface area (Å²) >= 11 is 0. The fourth-order valence-electron chi connectivity index (χ4n) is 4.44. The zero-order valence-corrected chi connectivity index (χ0v) is 18.5. The van der Waals surface area contributed by atoms with Gasteiger partial charge in [-0.3, -0.25) is 9.88 Å². The normalized spacial score (nSPS) is 17.7. The van der Waals surface area contributed by atoms with Gasteiger partial charge in [0.05, 0.1) is 30.9 Å². The number of piperazine rings is 1. The van der Waals surface area contributed by atoms with Crippen molar-refractivity contribution in [3.8, 4) is 0 Å². The topological polar surface area (TPSA) is 72.3 Å². The molecule has 2 atom stereocenters. The molecule has 3 aromatic rings. The Morgan fingerprint density at radius 2 is 1.88 bits per heavy atom. The van der Waals surface area contributed by atoms with Crippen molar-refractivity contribution in [3.05, 3.63) is 90.3 Å². The van der Waals surface area contributed by atoms with Gasteiger partial charge in [0, 0.05) is 44.6 Å². The molecule has 2 aromatic heterocycles. The highest BCUT2D eigenvalue weighted by Gasteiger charge is 2.43. The number of aromatic nitrogens is 3. The Bertz CT molecular complexity index is 1040. The molecule has 4 rings (SSSR count). The molecule has 7 nitrogen and oxygen atoms in total. The van der Waals surface area contributed by atoms with Crippen molar-refractivity contribution < 1.29 is 9.53 Å². The SMILES string of the molecule is COC(=O)C=Cc1cn(C(C)(c2ccccn2)C(c2ccccc2)N2CCNCC2)cn1. The van der Waals surface area contributed by atoms with Crippen molar-refractivity contribution in [2.75, 3.05) is 33.3 Å². The number of carbonyl (C=O) groups excluding carboxylic acids is 1. The van der Waals surface area contributed by atoms with Crippen LogP contribution in [0.5, 0.6) is 0 Å². The highest BCUT2D eigenvalue weighted by atomic mass is 16.5. The maximum atomic E-state index is 11.5. The third-order valence-electron chi connectivity index (χ3n) is 6.08. The summed E-state index contributed by atoms with van der Waals surface area (Å²) < 4.78 is 6.82. The molecule has 0 spiro atoms. The van der Waals surface area contributed by atoms with Crippen LogP contribution in [0.15, 0.2) is 73.3 Å². The van der Waals surface area contributed by atoms with E-state index in [2.05, 4.69) is 57.0 Å². The highest BCUT2D eigenvalue weighted by Crippen LogP contribution is 2.42. The Balaban J connectivity index is 1.84. The summed E-state index contributed by atoms with van der Waals surface area (Å²) in [6.07, 6.45) is 8.68. The minimum atomic E-state index is -0.537. The highest BCUT2D eigenvalue weighted by molar-refractivity contribution is 5.86. The van der Waals surface area contributed by atoms with Crippen LogP contribution in [-0.4, -0.2) is 58.7 Å². The maximum Gasteiger partial charge on any atom is 0.330 e. The van der Waals surface area contributed by atoms with Crippen LogP contribution >= 0.6 is 0 Å². The Kier molecular flexibility index (Phi) is 6.78. The van der Waals surface area contributed by atoms with Crippen molar-refractivity contribution in [3.63, 3.8) is 0 Å². The predicted molar refractivity (Wildman–Crippen MR) is 124 cm³/mol. The fraction of sp³-hybridized carbons (Fsp3) is 0.320. The lowest BCUT2D eigenvalue weighted by molar-refractivity contribution is -0.134. The van der Waals surface area contributed by atoms with E-state index >= 15 is 0 Å². The monoisotopic (exact) mass is 431 g/mol. The number of esters is 1. The van der Waals surface area contributed by atoms with Crippen LogP contribution in [-0.2, 0) is 15.1 Å². The van der Waals surface area contributed by atoms with E-state index in [1.54, 1.807) is 6.08 Å².